The lowest BCUT2D eigenvalue weighted by Gasteiger charge is -2.23. The fourth-order valence-corrected chi connectivity index (χ4v) is 2.68. The number of likely N-dealkylation sites (N-methyl/N-ethyl adjacent to an activating group) is 1. The van der Waals surface area contributed by atoms with E-state index < -0.39 is 0 Å². The molecule has 118 valence electrons. The summed E-state index contributed by atoms with van der Waals surface area (Å²) in [6.07, 6.45) is 3.92. The number of ether oxygens (including phenoxy) is 2. The van der Waals surface area contributed by atoms with Crippen molar-refractivity contribution in [2.24, 2.45) is 0 Å². The summed E-state index contributed by atoms with van der Waals surface area (Å²) in [6.45, 7) is 8.35. The molecular weight excluding hydrogens is 262 g/mol. The molecule has 21 heavy (non-hydrogen) atoms. The molecule has 0 amide bonds. The molecule has 0 aliphatic carbocycles. The quantitative estimate of drug-likeness (QED) is 0.834. The van der Waals surface area contributed by atoms with Gasteiger partial charge in [-0.3, -0.25) is 0 Å². The van der Waals surface area contributed by atoms with Crippen molar-refractivity contribution in [2.45, 2.75) is 57.7 Å². The minimum Gasteiger partial charge on any atom is -0.491 e. The molecule has 3 nitrogen and oxygen atoms in total. The molecule has 1 heterocycles. The number of rotatable bonds is 7. The Kier molecular flexibility index (Phi) is 5.65. The van der Waals surface area contributed by atoms with E-state index in [4.69, 9.17) is 9.47 Å². The van der Waals surface area contributed by atoms with Crippen molar-refractivity contribution in [3.05, 3.63) is 29.8 Å². The van der Waals surface area contributed by atoms with Crippen LogP contribution in [0.2, 0.25) is 0 Å². The van der Waals surface area contributed by atoms with Crippen molar-refractivity contribution < 1.29 is 9.47 Å². The molecule has 0 saturated carbocycles. The van der Waals surface area contributed by atoms with Gasteiger partial charge >= 0.3 is 0 Å². The second-order valence-electron chi connectivity index (χ2n) is 6.59. The lowest BCUT2D eigenvalue weighted by atomic mass is 9.82. The van der Waals surface area contributed by atoms with Crippen molar-refractivity contribution >= 4 is 0 Å². The zero-order valence-electron chi connectivity index (χ0n) is 13.8. The van der Waals surface area contributed by atoms with Crippen LogP contribution in [0.25, 0.3) is 0 Å². The molecule has 0 radical (unpaired) electrons. The van der Waals surface area contributed by atoms with Gasteiger partial charge in [0.1, 0.15) is 12.4 Å². The Balaban J connectivity index is 1.82. The van der Waals surface area contributed by atoms with Crippen molar-refractivity contribution in [1.82, 2.24) is 5.32 Å². The van der Waals surface area contributed by atoms with Crippen LogP contribution in [0.3, 0.4) is 0 Å². The topological polar surface area (TPSA) is 30.5 Å². The van der Waals surface area contributed by atoms with Gasteiger partial charge in [-0.1, -0.05) is 32.9 Å². The normalized spacial score (nSPS) is 22.5. The Labute approximate surface area is 129 Å². The number of benzene rings is 1. The molecule has 2 atom stereocenters. The van der Waals surface area contributed by atoms with Gasteiger partial charge in [-0.05, 0) is 49.4 Å². The minimum atomic E-state index is 0.230. The average Bonchev–Trinajstić information content (AvgIpc) is 2.94. The van der Waals surface area contributed by atoms with Crippen molar-refractivity contribution in [1.29, 1.82) is 0 Å². The highest BCUT2D eigenvalue weighted by atomic mass is 16.5. The molecule has 1 saturated heterocycles. The van der Waals surface area contributed by atoms with E-state index in [2.05, 4.69) is 50.4 Å². The van der Waals surface area contributed by atoms with Crippen LogP contribution < -0.4 is 10.1 Å². The van der Waals surface area contributed by atoms with Gasteiger partial charge in [0.05, 0.1) is 12.2 Å². The summed E-state index contributed by atoms with van der Waals surface area (Å²) in [7, 11) is 1.96. The molecule has 0 bridgehead atoms. The zero-order chi connectivity index (χ0) is 15.3. The molecular formula is C18H29NO2. The molecule has 1 fully saturated rings. The van der Waals surface area contributed by atoms with Crippen LogP contribution in [0.5, 0.6) is 5.75 Å². The van der Waals surface area contributed by atoms with E-state index in [1.54, 1.807) is 0 Å². The van der Waals surface area contributed by atoms with Gasteiger partial charge in [0.2, 0.25) is 0 Å². The van der Waals surface area contributed by atoms with E-state index >= 15 is 0 Å². The summed E-state index contributed by atoms with van der Waals surface area (Å²) in [6, 6.07) is 8.51. The van der Waals surface area contributed by atoms with Crippen LogP contribution in [-0.2, 0) is 10.2 Å². The number of hydrogen-bond donors (Lipinski definition) is 1. The van der Waals surface area contributed by atoms with E-state index in [-0.39, 0.29) is 11.5 Å². The molecule has 0 aromatic heterocycles. The van der Waals surface area contributed by atoms with Crippen molar-refractivity contribution in [3.63, 3.8) is 0 Å². The Morgan fingerprint density at radius 2 is 1.86 bits per heavy atom. The summed E-state index contributed by atoms with van der Waals surface area (Å²) in [5.41, 5.74) is 1.59. The predicted octanol–water partition coefficient (Wildman–Crippen LogP) is 3.52. The van der Waals surface area contributed by atoms with Crippen molar-refractivity contribution in [2.75, 3.05) is 20.2 Å². The third-order valence-corrected chi connectivity index (χ3v) is 4.58. The molecule has 2 rings (SSSR count). The highest BCUT2D eigenvalue weighted by Gasteiger charge is 2.25. The minimum absolute atomic E-state index is 0.230. The highest BCUT2D eigenvalue weighted by Crippen LogP contribution is 2.28. The van der Waals surface area contributed by atoms with Crippen LogP contribution in [0.15, 0.2) is 24.3 Å². The molecule has 0 spiro atoms. The largest absolute Gasteiger partial charge is 0.491 e. The molecule has 1 aliphatic heterocycles. The van der Waals surface area contributed by atoms with E-state index in [1.807, 2.05) is 7.05 Å². The van der Waals surface area contributed by atoms with E-state index in [0.717, 1.165) is 31.6 Å². The summed E-state index contributed by atoms with van der Waals surface area (Å²) >= 11 is 0. The maximum atomic E-state index is 5.93. The molecule has 1 N–H and O–H groups in total. The zero-order valence-corrected chi connectivity index (χ0v) is 13.8. The van der Waals surface area contributed by atoms with Gasteiger partial charge in [0.15, 0.2) is 0 Å². The molecule has 2 unspecified atom stereocenters. The Morgan fingerprint density at radius 3 is 2.48 bits per heavy atom. The maximum absolute atomic E-state index is 5.93. The fourth-order valence-electron chi connectivity index (χ4n) is 2.68. The van der Waals surface area contributed by atoms with Gasteiger partial charge in [-0.25, -0.2) is 0 Å². The molecule has 3 heteroatoms. The highest BCUT2D eigenvalue weighted by molar-refractivity contribution is 5.31. The molecule has 1 aromatic carbocycles. The van der Waals surface area contributed by atoms with Gasteiger partial charge < -0.3 is 14.8 Å². The van der Waals surface area contributed by atoms with Gasteiger partial charge in [0.25, 0.3) is 0 Å². The molecule has 1 aliphatic rings. The van der Waals surface area contributed by atoms with Gasteiger partial charge in [-0.2, -0.15) is 0 Å². The lowest BCUT2D eigenvalue weighted by molar-refractivity contribution is 0.0193. The maximum Gasteiger partial charge on any atom is 0.119 e. The second-order valence-corrected chi connectivity index (χ2v) is 6.59. The predicted molar refractivity (Wildman–Crippen MR) is 87.1 cm³/mol. The first-order valence-corrected chi connectivity index (χ1v) is 8.08. The Morgan fingerprint density at radius 1 is 1.19 bits per heavy atom. The SMILES string of the molecule is CCC(C)(C)c1ccc(OCC2CCC(CNC)O2)cc1. The molecule has 1 aromatic rings. The van der Waals surface area contributed by atoms with Crippen LogP contribution in [0, 0.1) is 0 Å². The first kappa shape index (κ1) is 16.3. The first-order chi connectivity index (χ1) is 10.0. The third-order valence-electron chi connectivity index (χ3n) is 4.58. The second kappa shape index (κ2) is 7.28. The van der Waals surface area contributed by atoms with Crippen LogP contribution in [0.4, 0.5) is 0 Å². The van der Waals surface area contributed by atoms with Crippen LogP contribution in [0.1, 0.15) is 45.6 Å². The monoisotopic (exact) mass is 291 g/mol. The lowest BCUT2D eigenvalue weighted by Crippen LogP contribution is -2.25. The van der Waals surface area contributed by atoms with Gasteiger partial charge in [-0.15, -0.1) is 0 Å². The number of nitrogens with one attached hydrogen (secondary N) is 1. The smallest absolute Gasteiger partial charge is 0.119 e. The van der Waals surface area contributed by atoms with E-state index in [9.17, 15) is 0 Å². The van der Waals surface area contributed by atoms with Crippen molar-refractivity contribution in [3.8, 4) is 5.75 Å². The standard InChI is InChI=1S/C18H29NO2/c1-5-18(2,3)14-6-8-15(9-7-14)20-13-17-11-10-16(21-17)12-19-4/h6-9,16-17,19H,5,10-13H2,1-4H3. The van der Waals surface area contributed by atoms with Crippen LogP contribution in [-0.4, -0.2) is 32.4 Å². The third kappa shape index (κ3) is 4.45. The average molecular weight is 291 g/mol. The van der Waals surface area contributed by atoms with Crippen LogP contribution >= 0.6 is 0 Å². The number of hydrogen-bond acceptors (Lipinski definition) is 3. The fraction of sp³-hybridized carbons (Fsp3) is 0.667. The Bertz CT molecular complexity index is 427. The summed E-state index contributed by atoms with van der Waals surface area (Å²) < 4.78 is 11.8. The summed E-state index contributed by atoms with van der Waals surface area (Å²) in [4.78, 5) is 0. The van der Waals surface area contributed by atoms with E-state index in [0.29, 0.717) is 12.7 Å². The summed E-state index contributed by atoms with van der Waals surface area (Å²) in [5.74, 6) is 0.936. The van der Waals surface area contributed by atoms with Gasteiger partial charge in [0, 0.05) is 6.54 Å². The Hall–Kier alpha value is -1.06. The summed E-state index contributed by atoms with van der Waals surface area (Å²) in [5, 5.41) is 3.16. The van der Waals surface area contributed by atoms with E-state index in [1.165, 1.54) is 5.56 Å². The first-order valence-electron chi connectivity index (χ1n) is 8.08.